The van der Waals surface area contributed by atoms with E-state index in [4.69, 9.17) is 37.0 Å². The zero-order chi connectivity index (χ0) is 72.8. The molecule has 0 spiro atoms. The van der Waals surface area contributed by atoms with Crippen LogP contribution in [-0.2, 0) is 65.4 Å². The Balaban J connectivity index is 5.22. The van der Waals surface area contributed by atoms with Crippen LogP contribution in [0.2, 0.25) is 0 Å². The van der Waals surface area contributed by atoms with Crippen molar-refractivity contribution in [2.75, 3.05) is 39.6 Å². The average Bonchev–Trinajstić information content (AvgIpc) is 0.980. The minimum Gasteiger partial charge on any atom is -0.462 e. The minimum absolute atomic E-state index is 0.105. The van der Waals surface area contributed by atoms with Gasteiger partial charge in [0.05, 0.1) is 26.4 Å². The summed E-state index contributed by atoms with van der Waals surface area (Å²) in [5.41, 5.74) is 0. The van der Waals surface area contributed by atoms with Crippen LogP contribution in [0.25, 0.3) is 0 Å². The first-order valence-corrected chi connectivity index (χ1v) is 44.5. The summed E-state index contributed by atoms with van der Waals surface area (Å²) in [6.07, 6.45) is 61.2. The van der Waals surface area contributed by atoms with Gasteiger partial charge in [-0.2, -0.15) is 0 Å². The number of hydrogen-bond acceptors (Lipinski definition) is 15. The topological polar surface area (TPSA) is 237 Å². The number of carbonyl (C=O) groups excluding carboxylic acids is 4. The molecule has 0 aliphatic carbocycles. The molecule has 0 radical (unpaired) electrons. The highest BCUT2D eigenvalue weighted by Gasteiger charge is 2.30. The highest BCUT2D eigenvalue weighted by Crippen LogP contribution is 2.45. The molecule has 19 heteroatoms. The molecule has 99 heavy (non-hydrogen) atoms. The van der Waals surface area contributed by atoms with Gasteiger partial charge in [-0.3, -0.25) is 37.3 Å². The summed E-state index contributed by atoms with van der Waals surface area (Å²) in [7, 11) is -9.92. The quantitative estimate of drug-likeness (QED) is 0.0222. The van der Waals surface area contributed by atoms with E-state index >= 15 is 0 Å². The standard InChI is InChI=1S/C80H156O17P2/c1-7-10-12-14-16-18-20-22-24-25-26-27-28-29-31-33-35-40-44-52-58-64-79(84)96-75(68-90-77(82)62-56-50-43-39-34-32-30-23-21-19-17-15-13-11-8-2)70-94-98(86,87)92-66-74(81)67-93-99(88,89)95-71-76(69-91-78(83)63-57-51-47-46-49-55-61-73(6)9-3)97-80(85)65-59-53-45-41-37-36-38-42-48-54-60-72(4)5/h72-76,81H,7-71H2,1-6H3,(H,86,87)(H,88,89)/t73?,74-,75-,76-/m1/s1. The monoisotopic (exact) mass is 1450 g/mol. The van der Waals surface area contributed by atoms with E-state index in [1.165, 1.54) is 231 Å². The molecule has 0 aliphatic rings. The number of aliphatic hydroxyl groups is 1. The van der Waals surface area contributed by atoms with Gasteiger partial charge in [0, 0.05) is 25.7 Å². The summed E-state index contributed by atoms with van der Waals surface area (Å²) >= 11 is 0. The summed E-state index contributed by atoms with van der Waals surface area (Å²) in [6.45, 7) is 9.57. The maximum Gasteiger partial charge on any atom is 0.472 e. The molecule has 0 saturated carbocycles. The summed E-state index contributed by atoms with van der Waals surface area (Å²) < 4.78 is 68.7. The Kier molecular flexibility index (Phi) is 70.3. The van der Waals surface area contributed by atoms with Crippen LogP contribution >= 0.6 is 15.6 Å². The second-order valence-corrected chi connectivity index (χ2v) is 32.4. The van der Waals surface area contributed by atoms with Gasteiger partial charge in [0.15, 0.2) is 12.2 Å². The number of unbranched alkanes of at least 4 members (excludes halogenated alkanes) is 48. The van der Waals surface area contributed by atoms with Crippen molar-refractivity contribution in [1.29, 1.82) is 0 Å². The number of phosphoric ester groups is 2. The molecule has 17 nitrogen and oxygen atoms in total. The molecule has 3 unspecified atom stereocenters. The molecule has 0 bridgehead atoms. The zero-order valence-corrected chi connectivity index (χ0v) is 66.6. The second-order valence-electron chi connectivity index (χ2n) is 29.5. The van der Waals surface area contributed by atoms with Crippen LogP contribution in [-0.4, -0.2) is 96.7 Å². The first-order chi connectivity index (χ1) is 47.9. The van der Waals surface area contributed by atoms with Gasteiger partial charge in [0.2, 0.25) is 0 Å². The average molecular weight is 1450 g/mol. The molecule has 3 N–H and O–H groups in total. The molecule has 0 rings (SSSR count). The van der Waals surface area contributed by atoms with Crippen LogP contribution < -0.4 is 0 Å². The minimum atomic E-state index is -4.96. The normalized spacial score (nSPS) is 14.2. The van der Waals surface area contributed by atoms with E-state index in [0.717, 1.165) is 108 Å². The zero-order valence-electron chi connectivity index (χ0n) is 64.8. The SMILES string of the molecule is CCCCCCCCCCCCCCCCCCCCCCCC(=O)O[C@H](COC(=O)CCCCCCCCCCCCCCCCC)COP(=O)(O)OC[C@@H](O)COP(=O)(O)OC[C@@H](COC(=O)CCCCCCCCC(C)CC)OC(=O)CCCCCCCCCCCCC(C)C. The molecule has 0 amide bonds. The number of aliphatic hydroxyl groups excluding tert-OH is 1. The van der Waals surface area contributed by atoms with Gasteiger partial charge in [0.1, 0.15) is 19.3 Å². The van der Waals surface area contributed by atoms with Crippen molar-refractivity contribution >= 4 is 39.5 Å². The van der Waals surface area contributed by atoms with Gasteiger partial charge < -0.3 is 33.8 Å². The van der Waals surface area contributed by atoms with Crippen LogP contribution in [0, 0.1) is 11.8 Å². The van der Waals surface area contributed by atoms with Crippen molar-refractivity contribution in [3.8, 4) is 0 Å². The van der Waals surface area contributed by atoms with E-state index < -0.39 is 97.5 Å². The molecule has 0 aliphatic heterocycles. The van der Waals surface area contributed by atoms with Crippen molar-refractivity contribution in [2.45, 2.75) is 439 Å². The number of hydrogen-bond donors (Lipinski definition) is 3. The Bertz CT molecular complexity index is 1910. The largest absolute Gasteiger partial charge is 0.472 e. The first kappa shape index (κ1) is 97.1. The third-order valence-corrected chi connectivity index (χ3v) is 21.0. The molecule has 0 aromatic heterocycles. The van der Waals surface area contributed by atoms with E-state index in [2.05, 4.69) is 41.5 Å². The lowest BCUT2D eigenvalue weighted by Gasteiger charge is -2.21. The van der Waals surface area contributed by atoms with Crippen molar-refractivity contribution < 1.29 is 80.2 Å². The lowest BCUT2D eigenvalue weighted by Crippen LogP contribution is -2.30. The fourth-order valence-corrected chi connectivity index (χ4v) is 13.9. The van der Waals surface area contributed by atoms with Crippen molar-refractivity contribution in [1.82, 2.24) is 0 Å². The fourth-order valence-electron chi connectivity index (χ4n) is 12.3. The summed E-state index contributed by atoms with van der Waals surface area (Å²) in [4.78, 5) is 73.0. The highest BCUT2D eigenvalue weighted by atomic mass is 31.2. The summed E-state index contributed by atoms with van der Waals surface area (Å²) in [5, 5.41) is 10.6. The Morgan fingerprint density at radius 2 is 0.515 bits per heavy atom. The predicted octanol–water partition coefficient (Wildman–Crippen LogP) is 23.9. The molecule has 0 fully saturated rings. The molecule has 0 aromatic carbocycles. The number of esters is 4. The second kappa shape index (κ2) is 71.7. The maximum atomic E-state index is 13.1. The predicted molar refractivity (Wildman–Crippen MR) is 405 cm³/mol. The third-order valence-electron chi connectivity index (χ3n) is 19.1. The van der Waals surface area contributed by atoms with E-state index in [0.29, 0.717) is 25.7 Å². The lowest BCUT2D eigenvalue weighted by molar-refractivity contribution is -0.161. The van der Waals surface area contributed by atoms with Gasteiger partial charge in [0.25, 0.3) is 0 Å². The van der Waals surface area contributed by atoms with Gasteiger partial charge >= 0.3 is 39.5 Å². The van der Waals surface area contributed by atoms with E-state index in [1.807, 2.05) is 0 Å². The summed E-state index contributed by atoms with van der Waals surface area (Å²) in [6, 6.07) is 0. The molecule has 0 aromatic rings. The van der Waals surface area contributed by atoms with Crippen molar-refractivity contribution in [3.05, 3.63) is 0 Å². The molecule has 6 atom stereocenters. The van der Waals surface area contributed by atoms with Gasteiger partial charge in [-0.05, 0) is 37.5 Å². The molecule has 0 saturated heterocycles. The number of ether oxygens (including phenoxy) is 4. The van der Waals surface area contributed by atoms with Crippen LogP contribution in [0.5, 0.6) is 0 Å². The van der Waals surface area contributed by atoms with Crippen LogP contribution in [0.3, 0.4) is 0 Å². The Morgan fingerprint density at radius 3 is 0.768 bits per heavy atom. The van der Waals surface area contributed by atoms with Crippen molar-refractivity contribution in [2.24, 2.45) is 11.8 Å². The van der Waals surface area contributed by atoms with Gasteiger partial charge in [-0.1, -0.05) is 369 Å². The first-order valence-electron chi connectivity index (χ1n) is 41.5. The molecular formula is C80H156O17P2. The Labute approximate surface area is 607 Å². The summed E-state index contributed by atoms with van der Waals surface area (Å²) in [5.74, 6) is -0.629. The third kappa shape index (κ3) is 72.8. The van der Waals surface area contributed by atoms with Gasteiger partial charge in [-0.25, -0.2) is 9.13 Å². The molecule has 0 heterocycles. The molecule has 588 valence electrons. The maximum absolute atomic E-state index is 13.1. The van der Waals surface area contributed by atoms with Crippen LogP contribution in [0.4, 0.5) is 0 Å². The molecular weight excluding hydrogens is 1290 g/mol. The number of carbonyl (C=O) groups is 4. The number of rotatable bonds is 79. The highest BCUT2D eigenvalue weighted by molar-refractivity contribution is 7.47. The van der Waals surface area contributed by atoms with E-state index in [-0.39, 0.29) is 25.7 Å². The lowest BCUT2D eigenvalue weighted by atomic mass is 10.00. The Morgan fingerprint density at radius 1 is 0.293 bits per heavy atom. The Hall–Kier alpha value is -1.94. The van der Waals surface area contributed by atoms with Gasteiger partial charge in [-0.15, -0.1) is 0 Å². The van der Waals surface area contributed by atoms with E-state index in [1.54, 1.807) is 0 Å². The fraction of sp³-hybridized carbons (Fsp3) is 0.950. The van der Waals surface area contributed by atoms with Crippen LogP contribution in [0.15, 0.2) is 0 Å². The van der Waals surface area contributed by atoms with E-state index in [9.17, 15) is 43.2 Å². The number of phosphoric acid groups is 2. The van der Waals surface area contributed by atoms with Crippen LogP contribution in [0.1, 0.15) is 420 Å². The smallest absolute Gasteiger partial charge is 0.462 e. The van der Waals surface area contributed by atoms with Crippen molar-refractivity contribution in [3.63, 3.8) is 0 Å².